The smallest absolute Gasteiger partial charge is 0.102 e. The minimum absolute atomic E-state index is 0.740. The van der Waals surface area contributed by atoms with Crippen LogP contribution in [0.25, 0.3) is 0 Å². The van der Waals surface area contributed by atoms with Crippen LogP contribution in [0.4, 0.5) is 0 Å². The van der Waals surface area contributed by atoms with Crippen molar-refractivity contribution >= 4 is 0 Å². The Hall–Kier alpha value is -0.760. The molecule has 1 aliphatic rings. The highest BCUT2D eigenvalue weighted by molar-refractivity contribution is 5.08. The molecule has 13 heavy (non-hydrogen) atoms. The Kier molecular flexibility index (Phi) is 4.61. The van der Waals surface area contributed by atoms with E-state index >= 15 is 0 Å². The average Bonchev–Trinajstić information content (AvgIpc) is 2.11. The summed E-state index contributed by atoms with van der Waals surface area (Å²) in [6.07, 6.45) is 9.42. The maximum atomic E-state index is 5.54. The molecular weight excluding hydrogens is 162 g/mol. The predicted molar refractivity (Wildman–Crippen MR) is 55.1 cm³/mol. The van der Waals surface area contributed by atoms with Gasteiger partial charge in [-0.2, -0.15) is 0 Å². The molecule has 0 aromatic rings. The van der Waals surface area contributed by atoms with E-state index in [1.807, 2.05) is 6.26 Å². The van der Waals surface area contributed by atoms with Gasteiger partial charge in [0, 0.05) is 6.42 Å². The van der Waals surface area contributed by atoms with Crippen molar-refractivity contribution in [2.45, 2.75) is 39.0 Å². The molecule has 0 aromatic heterocycles. The minimum Gasteiger partial charge on any atom is -0.470 e. The molecule has 0 saturated heterocycles. The molecule has 0 spiro atoms. The van der Waals surface area contributed by atoms with Gasteiger partial charge in [-0.3, -0.25) is 0 Å². The third-order valence-electron chi connectivity index (χ3n) is 2.31. The Morgan fingerprint density at radius 2 is 2.38 bits per heavy atom. The molecule has 0 radical (unpaired) electrons. The van der Waals surface area contributed by atoms with Gasteiger partial charge in [0.2, 0.25) is 0 Å². The van der Waals surface area contributed by atoms with Gasteiger partial charge in [-0.1, -0.05) is 0 Å². The third-order valence-corrected chi connectivity index (χ3v) is 2.31. The maximum absolute atomic E-state index is 5.54. The van der Waals surface area contributed by atoms with Crippen LogP contribution >= 0.6 is 0 Å². The van der Waals surface area contributed by atoms with Crippen molar-refractivity contribution in [2.24, 2.45) is 5.73 Å². The number of nitrogens with two attached hydrogens (primary N) is 1. The molecule has 0 saturated carbocycles. The lowest BCUT2D eigenvalue weighted by atomic mass is 10.1. The van der Waals surface area contributed by atoms with Gasteiger partial charge in [0.1, 0.15) is 5.76 Å². The predicted octanol–water partition coefficient (Wildman–Crippen LogP) is 2.71. The van der Waals surface area contributed by atoms with Gasteiger partial charge in [-0.25, -0.2) is 0 Å². The lowest BCUT2D eigenvalue weighted by molar-refractivity contribution is 0.318. The second-order valence-electron chi connectivity index (χ2n) is 3.48. The van der Waals surface area contributed by atoms with Crippen molar-refractivity contribution < 1.29 is 4.74 Å². The normalized spacial score (nSPS) is 26.0. The van der Waals surface area contributed by atoms with Crippen LogP contribution in [-0.4, -0.2) is 6.54 Å². The van der Waals surface area contributed by atoms with Crippen LogP contribution in [-0.2, 0) is 4.74 Å². The minimum atomic E-state index is 0.740. The summed E-state index contributed by atoms with van der Waals surface area (Å²) >= 11 is 0. The molecule has 2 N–H and O–H groups in total. The highest BCUT2D eigenvalue weighted by atomic mass is 16.5. The van der Waals surface area contributed by atoms with Crippen LogP contribution in [0.2, 0.25) is 0 Å². The van der Waals surface area contributed by atoms with E-state index in [0.29, 0.717) is 0 Å². The van der Waals surface area contributed by atoms with Gasteiger partial charge in [0.15, 0.2) is 0 Å². The number of hydrogen-bond donors (Lipinski definition) is 1. The first-order chi connectivity index (χ1) is 6.34. The van der Waals surface area contributed by atoms with Crippen LogP contribution in [0.3, 0.4) is 0 Å². The number of hydrogen-bond acceptors (Lipinski definition) is 2. The molecule has 0 aliphatic carbocycles. The summed E-state index contributed by atoms with van der Waals surface area (Å²) in [4.78, 5) is 0. The highest BCUT2D eigenvalue weighted by Gasteiger charge is 2.04. The summed E-state index contributed by atoms with van der Waals surface area (Å²) in [7, 11) is 0. The average molecular weight is 181 g/mol. The number of rotatable bonds is 3. The lowest BCUT2D eigenvalue weighted by Gasteiger charge is -2.12. The van der Waals surface area contributed by atoms with Crippen molar-refractivity contribution in [1.29, 1.82) is 0 Å². The molecule has 0 amide bonds. The SMILES string of the molecule is C/C1=C(\CCCN)O/C=C/CCC1. The molecule has 1 heterocycles. The van der Waals surface area contributed by atoms with Crippen LogP contribution in [0.15, 0.2) is 23.7 Å². The van der Waals surface area contributed by atoms with E-state index in [9.17, 15) is 0 Å². The van der Waals surface area contributed by atoms with E-state index in [-0.39, 0.29) is 0 Å². The van der Waals surface area contributed by atoms with Gasteiger partial charge in [0.25, 0.3) is 0 Å². The zero-order valence-corrected chi connectivity index (χ0v) is 8.38. The topological polar surface area (TPSA) is 35.2 Å². The Labute approximate surface area is 80.5 Å². The van der Waals surface area contributed by atoms with Crippen LogP contribution < -0.4 is 5.73 Å². The van der Waals surface area contributed by atoms with Gasteiger partial charge in [-0.15, -0.1) is 0 Å². The zero-order valence-electron chi connectivity index (χ0n) is 8.38. The van der Waals surface area contributed by atoms with Crippen molar-refractivity contribution in [3.63, 3.8) is 0 Å². The van der Waals surface area contributed by atoms with Crippen LogP contribution in [0.1, 0.15) is 39.0 Å². The van der Waals surface area contributed by atoms with Crippen molar-refractivity contribution in [1.82, 2.24) is 0 Å². The molecule has 1 aliphatic heterocycles. The number of allylic oxidation sites excluding steroid dienone is 3. The first kappa shape index (κ1) is 10.3. The maximum Gasteiger partial charge on any atom is 0.102 e. The summed E-state index contributed by atoms with van der Waals surface area (Å²) in [5, 5.41) is 0. The molecule has 0 fully saturated rings. The van der Waals surface area contributed by atoms with Gasteiger partial charge >= 0.3 is 0 Å². The Balaban J connectivity index is 2.53. The van der Waals surface area contributed by atoms with Gasteiger partial charge in [0.05, 0.1) is 6.26 Å². The Morgan fingerprint density at radius 1 is 1.54 bits per heavy atom. The fourth-order valence-corrected chi connectivity index (χ4v) is 1.46. The molecule has 0 atom stereocenters. The van der Waals surface area contributed by atoms with Crippen molar-refractivity contribution in [3.05, 3.63) is 23.7 Å². The monoisotopic (exact) mass is 181 g/mol. The van der Waals surface area contributed by atoms with Gasteiger partial charge < -0.3 is 10.5 Å². The second kappa shape index (κ2) is 5.81. The molecule has 0 unspecified atom stereocenters. The molecular formula is C11H19NO. The Bertz CT molecular complexity index is 206. The first-order valence-corrected chi connectivity index (χ1v) is 5.05. The summed E-state index contributed by atoms with van der Waals surface area (Å²) in [6.45, 7) is 2.90. The van der Waals surface area contributed by atoms with E-state index in [4.69, 9.17) is 10.5 Å². The molecule has 74 valence electrons. The van der Waals surface area contributed by atoms with E-state index in [1.54, 1.807) is 0 Å². The van der Waals surface area contributed by atoms with Crippen molar-refractivity contribution in [2.75, 3.05) is 6.54 Å². The van der Waals surface area contributed by atoms with E-state index in [0.717, 1.165) is 38.0 Å². The summed E-state index contributed by atoms with van der Waals surface area (Å²) in [6, 6.07) is 0. The van der Waals surface area contributed by atoms with E-state index < -0.39 is 0 Å². The third kappa shape index (κ3) is 3.64. The Morgan fingerprint density at radius 3 is 3.15 bits per heavy atom. The first-order valence-electron chi connectivity index (χ1n) is 5.05. The fraction of sp³-hybridized carbons (Fsp3) is 0.636. The molecule has 0 aromatic carbocycles. The summed E-state index contributed by atoms with van der Waals surface area (Å²) in [5.74, 6) is 1.13. The molecule has 1 rings (SSSR count). The number of ether oxygens (including phenoxy) is 1. The van der Waals surface area contributed by atoms with Gasteiger partial charge in [-0.05, 0) is 50.8 Å². The molecule has 2 nitrogen and oxygen atoms in total. The zero-order chi connectivity index (χ0) is 9.52. The quantitative estimate of drug-likeness (QED) is 0.726. The van der Waals surface area contributed by atoms with E-state index in [1.165, 1.54) is 12.0 Å². The largest absolute Gasteiger partial charge is 0.470 e. The highest BCUT2D eigenvalue weighted by Crippen LogP contribution is 2.20. The van der Waals surface area contributed by atoms with Crippen LogP contribution in [0, 0.1) is 0 Å². The molecule has 0 bridgehead atoms. The second-order valence-corrected chi connectivity index (χ2v) is 3.48. The molecule has 2 heteroatoms. The summed E-state index contributed by atoms with van der Waals surface area (Å²) < 4.78 is 5.54. The van der Waals surface area contributed by atoms with Crippen molar-refractivity contribution in [3.8, 4) is 0 Å². The van der Waals surface area contributed by atoms with E-state index in [2.05, 4.69) is 13.0 Å². The van der Waals surface area contributed by atoms with Crippen LogP contribution in [0.5, 0.6) is 0 Å². The summed E-state index contributed by atoms with van der Waals surface area (Å²) in [5.41, 5.74) is 6.85. The fourth-order valence-electron chi connectivity index (χ4n) is 1.46. The standard InChI is InChI=1S/C11H19NO/c1-10-6-3-2-4-9-13-11(10)7-5-8-12/h4,9H,2-3,5-8,12H2,1H3/b9-4+,11-10-. The lowest BCUT2D eigenvalue weighted by Crippen LogP contribution is -2.01.